The van der Waals surface area contributed by atoms with E-state index in [1.54, 1.807) is 38.5 Å². The standard InChI is InChI=1S/C16H16ClFO3/c1-19-13-7-5-11(9-15(13)21-3)16(17)10-4-6-12(18)14(8-10)20-2/h4-9,16H,1-3H3. The molecular formula is C16H16ClFO3. The molecule has 1 unspecified atom stereocenters. The maximum atomic E-state index is 13.4. The Labute approximate surface area is 128 Å². The van der Waals surface area contributed by atoms with Crippen molar-refractivity contribution >= 4 is 11.6 Å². The quantitative estimate of drug-likeness (QED) is 0.775. The molecule has 0 fully saturated rings. The van der Waals surface area contributed by atoms with Gasteiger partial charge in [-0.3, -0.25) is 0 Å². The monoisotopic (exact) mass is 310 g/mol. The molecule has 3 nitrogen and oxygen atoms in total. The Morgan fingerprint density at radius 2 is 1.33 bits per heavy atom. The summed E-state index contributed by atoms with van der Waals surface area (Å²) in [6, 6.07) is 9.98. The van der Waals surface area contributed by atoms with Gasteiger partial charge in [-0.15, -0.1) is 11.6 Å². The normalized spacial score (nSPS) is 11.9. The molecule has 1 atom stereocenters. The van der Waals surface area contributed by atoms with Gasteiger partial charge in [-0.05, 0) is 35.4 Å². The van der Waals surface area contributed by atoms with E-state index in [0.29, 0.717) is 11.5 Å². The molecule has 0 saturated carbocycles. The number of hydrogen-bond acceptors (Lipinski definition) is 3. The lowest BCUT2D eigenvalue weighted by Gasteiger charge is -2.14. The van der Waals surface area contributed by atoms with Gasteiger partial charge < -0.3 is 14.2 Å². The molecule has 2 rings (SSSR count). The van der Waals surface area contributed by atoms with Crippen molar-refractivity contribution in [1.29, 1.82) is 0 Å². The van der Waals surface area contributed by atoms with E-state index in [9.17, 15) is 4.39 Å². The molecule has 5 heteroatoms. The van der Waals surface area contributed by atoms with Crippen LogP contribution in [0.4, 0.5) is 4.39 Å². The zero-order valence-electron chi connectivity index (χ0n) is 12.0. The van der Waals surface area contributed by atoms with Crippen molar-refractivity contribution in [2.45, 2.75) is 5.38 Å². The SMILES string of the molecule is COc1cc(C(Cl)c2ccc(OC)c(OC)c2)ccc1F. The predicted molar refractivity (Wildman–Crippen MR) is 80.2 cm³/mol. The third-order valence-corrected chi connectivity index (χ3v) is 3.67. The zero-order valence-corrected chi connectivity index (χ0v) is 12.8. The first-order valence-corrected chi connectivity index (χ1v) is 6.73. The van der Waals surface area contributed by atoms with E-state index in [-0.39, 0.29) is 5.75 Å². The summed E-state index contributed by atoms with van der Waals surface area (Å²) in [5.74, 6) is 0.965. The lowest BCUT2D eigenvalue weighted by Crippen LogP contribution is -1.98. The maximum Gasteiger partial charge on any atom is 0.165 e. The topological polar surface area (TPSA) is 27.7 Å². The summed E-state index contributed by atoms with van der Waals surface area (Å²) in [5, 5.41) is -0.445. The molecule has 112 valence electrons. The molecule has 0 aliphatic carbocycles. The summed E-state index contributed by atoms with van der Waals surface area (Å²) in [4.78, 5) is 0. The van der Waals surface area contributed by atoms with E-state index in [0.717, 1.165) is 11.1 Å². The predicted octanol–water partition coefficient (Wildman–Crippen LogP) is 4.18. The van der Waals surface area contributed by atoms with Crippen molar-refractivity contribution in [2.75, 3.05) is 21.3 Å². The molecule has 0 saturated heterocycles. The summed E-state index contributed by atoms with van der Waals surface area (Å²) in [6.45, 7) is 0. The molecule has 0 aliphatic heterocycles. The van der Waals surface area contributed by atoms with Gasteiger partial charge in [0.25, 0.3) is 0 Å². The van der Waals surface area contributed by atoms with Crippen LogP contribution in [-0.2, 0) is 0 Å². The van der Waals surface area contributed by atoms with Crippen LogP contribution in [-0.4, -0.2) is 21.3 Å². The highest BCUT2D eigenvalue weighted by Gasteiger charge is 2.16. The van der Waals surface area contributed by atoms with Gasteiger partial charge in [0.05, 0.1) is 26.7 Å². The van der Waals surface area contributed by atoms with Crippen LogP contribution in [0.5, 0.6) is 17.2 Å². The van der Waals surface area contributed by atoms with E-state index in [1.165, 1.54) is 13.2 Å². The smallest absolute Gasteiger partial charge is 0.165 e. The molecule has 0 amide bonds. The van der Waals surface area contributed by atoms with E-state index in [1.807, 2.05) is 6.07 Å². The Morgan fingerprint density at radius 1 is 0.810 bits per heavy atom. The van der Waals surface area contributed by atoms with Gasteiger partial charge in [0.2, 0.25) is 0 Å². The van der Waals surface area contributed by atoms with Gasteiger partial charge >= 0.3 is 0 Å². The van der Waals surface area contributed by atoms with Crippen molar-refractivity contribution in [2.24, 2.45) is 0 Å². The van der Waals surface area contributed by atoms with Gasteiger partial charge in [-0.2, -0.15) is 0 Å². The van der Waals surface area contributed by atoms with Crippen LogP contribution in [0, 0.1) is 5.82 Å². The number of halogens is 2. The van der Waals surface area contributed by atoms with Crippen molar-refractivity contribution in [1.82, 2.24) is 0 Å². The summed E-state index contributed by atoms with van der Waals surface area (Å²) < 4.78 is 28.9. The molecule has 21 heavy (non-hydrogen) atoms. The van der Waals surface area contributed by atoms with Crippen LogP contribution >= 0.6 is 11.6 Å². The Bertz CT molecular complexity index is 631. The number of ether oxygens (including phenoxy) is 3. The summed E-state index contributed by atoms with van der Waals surface area (Å²) >= 11 is 6.46. The maximum absolute atomic E-state index is 13.4. The second kappa shape index (κ2) is 6.68. The van der Waals surface area contributed by atoms with Crippen LogP contribution in [0.1, 0.15) is 16.5 Å². The molecule has 0 heterocycles. The number of alkyl halides is 1. The highest BCUT2D eigenvalue weighted by Crippen LogP contribution is 2.36. The van der Waals surface area contributed by atoms with E-state index in [4.69, 9.17) is 25.8 Å². The van der Waals surface area contributed by atoms with Gasteiger partial charge in [-0.25, -0.2) is 4.39 Å². The first kappa shape index (κ1) is 15.4. The van der Waals surface area contributed by atoms with Crippen LogP contribution in [0.3, 0.4) is 0 Å². The molecule has 0 aromatic heterocycles. The molecule has 2 aromatic rings. The molecule has 0 radical (unpaired) electrons. The Balaban J connectivity index is 2.37. The van der Waals surface area contributed by atoms with Crippen molar-refractivity contribution in [3.05, 3.63) is 53.3 Å². The zero-order chi connectivity index (χ0) is 15.4. The van der Waals surface area contributed by atoms with Crippen LogP contribution in [0.15, 0.2) is 36.4 Å². The van der Waals surface area contributed by atoms with Gasteiger partial charge in [0, 0.05) is 0 Å². The highest BCUT2D eigenvalue weighted by molar-refractivity contribution is 6.22. The van der Waals surface area contributed by atoms with Crippen molar-refractivity contribution < 1.29 is 18.6 Å². The molecule has 0 spiro atoms. The molecule has 0 aliphatic rings. The number of benzene rings is 2. The number of rotatable bonds is 5. The first-order valence-electron chi connectivity index (χ1n) is 6.30. The molecular weight excluding hydrogens is 295 g/mol. The average molecular weight is 311 g/mol. The van der Waals surface area contributed by atoms with Gasteiger partial charge in [0.15, 0.2) is 23.1 Å². The first-order chi connectivity index (χ1) is 10.1. The van der Waals surface area contributed by atoms with Crippen LogP contribution in [0.2, 0.25) is 0 Å². The second-order valence-corrected chi connectivity index (χ2v) is 4.81. The van der Waals surface area contributed by atoms with Crippen LogP contribution < -0.4 is 14.2 Å². The van der Waals surface area contributed by atoms with Crippen LogP contribution in [0.25, 0.3) is 0 Å². The average Bonchev–Trinajstić information content (AvgIpc) is 2.53. The fourth-order valence-electron chi connectivity index (χ4n) is 2.04. The molecule has 0 N–H and O–H groups in total. The number of hydrogen-bond donors (Lipinski definition) is 0. The number of methoxy groups -OCH3 is 3. The third kappa shape index (κ3) is 3.22. The van der Waals surface area contributed by atoms with E-state index >= 15 is 0 Å². The second-order valence-electron chi connectivity index (χ2n) is 4.37. The Hall–Kier alpha value is -1.94. The van der Waals surface area contributed by atoms with E-state index < -0.39 is 11.2 Å². The third-order valence-electron chi connectivity index (χ3n) is 3.17. The van der Waals surface area contributed by atoms with E-state index in [2.05, 4.69) is 0 Å². The van der Waals surface area contributed by atoms with Crippen molar-refractivity contribution in [3.8, 4) is 17.2 Å². The summed E-state index contributed by atoms with van der Waals surface area (Å²) in [6.07, 6.45) is 0. The summed E-state index contributed by atoms with van der Waals surface area (Å²) in [5.41, 5.74) is 1.56. The fraction of sp³-hybridized carbons (Fsp3) is 0.250. The lowest BCUT2D eigenvalue weighted by molar-refractivity contribution is 0.354. The van der Waals surface area contributed by atoms with Crippen molar-refractivity contribution in [3.63, 3.8) is 0 Å². The lowest BCUT2D eigenvalue weighted by atomic mass is 10.0. The summed E-state index contributed by atoms with van der Waals surface area (Å²) in [7, 11) is 4.55. The highest BCUT2D eigenvalue weighted by atomic mass is 35.5. The fourth-order valence-corrected chi connectivity index (χ4v) is 2.31. The molecule has 2 aromatic carbocycles. The largest absolute Gasteiger partial charge is 0.494 e. The minimum absolute atomic E-state index is 0.165. The Kier molecular flexibility index (Phi) is 4.91. The molecule has 0 bridgehead atoms. The Morgan fingerprint density at radius 3 is 1.90 bits per heavy atom. The minimum atomic E-state index is -0.445. The van der Waals surface area contributed by atoms with Gasteiger partial charge in [0.1, 0.15) is 0 Å². The van der Waals surface area contributed by atoms with Gasteiger partial charge in [-0.1, -0.05) is 12.1 Å². The minimum Gasteiger partial charge on any atom is -0.494 e.